The number of ketones is 2. The van der Waals surface area contributed by atoms with Gasteiger partial charge in [0.15, 0.2) is 23.1 Å². The van der Waals surface area contributed by atoms with Crippen molar-refractivity contribution in [3.8, 4) is 11.5 Å². The van der Waals surface area contributed by atoms with Gasteiger partial charge in [-0.2, -0.15) is 0 Å². The molecule has 0 aromatic heterocycles. The fraction of sp³-hybridized carbons (Fsp3) is 0.314. The molecule has 5 nitrogen and oxygen atoms in total. The molecule has 0 radical (unpaired) electrons. The largest absolute Gasteiger partial charge is 0.490 e. The smallest absolute Gasteiger partial charge is 0.175 e. The van der Waals surface area contributed by atoms with Crippen LogP contribution in [0, 0.1) is 0 Å². The summed E-state index contributed by atoms with van der Waals surface area (Å²) >= 11 is 9.80. The van der Waals surface area contributed by atoms with E-state index in [1.54, 1.807) is 0 Å². The Kier molecular flexibility index (Phi) is 8.55. The Hall–Kier alpha value is -3.35. The van der Waals surface area contributed by atoms with Crippen molar-refractivity contribution in [1.82, 2.24) is 4.90 Å². The van der Waals surface area contributed by atoms with Gasteiger partial charge in [0.2, 0.25) is 0 Å². The van der Waals surface area contributed by atoms with E-state index in [1.807, 2.05) is 61.5 Å². The number of rotatable bonds is 8. The van der Waals surface area contributed by atoms with Crippen LogP contribution in [0.25, 0.3) is 0 Å². The maximum atomic E-state index is 13.7. The lowest BCUT2D eigenvalue weighted by molar-refractivity contribution is -0.117. The van der Waals surface area contributed by atoms with Gasteiger partial charge in [0.1, 0.15) is 6.61 Å². The Morgan fingerprint density at radius 1 is 0.833 bits per heavy atom. The quantitative estimate of drug-likeness (QED) is 0.245. The number of allylic oxidation sites excluding steroid dienone is 4. The van der Waals surface area contributed by atoms with Crippen LogP contribution in [0.4, 0.5) is 0 Å². The van der Waals surface area contributed by atoms with Crippen LogP contribution < -0.4 is 9.47 Å². The van der Waals surface area contributed by atoms with Crippen LogP contribution in [0.1, 0.15) is 68.1 Å². The Morgan fingerprint density at radius 3 is 2.10 bits per heavy atom. The van der Waals surface area contributed by atoms with Crippen molar-refractivity contribution in [2.45, 2.75) is 64.5 Å². The van der Waals surface area contributed by atoms with E-state index in [1.165, 1.54) is 0 Å². The van der Waals surface area contributed by atoms with E-state index >= 15 is 0 Å². The minimum atomic E-state index is -0.427. The summed E-state index contributed by atoms with van der Waals surface area (Å²) in [5.74, 6) is 0.995. The lowest BCUT2D eigenvalue weighted by Crippen LogP contribution is -2.38. The molecular weight excluding hydrogens is 614 g/mol. The number of carbonyl (C=O) groups is 2. The molecule has 3 aliphatic rings. The molecule has 3 aromatic rings. The van der Waals surface area contributed by atoms with Crippen LogP contribution in [0.2, 0.25) is 5.02 Å². The summed E-state index contributed by atoms with van der Waals surface area (Å²) in [6.07, 6.45) is 4.25. The number of carbonyl (C=O) groups excluding carboxylic acids is 2. The minimum Gasteiger partial charge on any atom is -0.490 e. The summed E-state index contributed by atoms with van der Waals surface area (Å²) in [5, 5.41) is 0.672. The molecule has 216 valence electrons. The second-order valence-corrected chi connectivity index (χ2v) is 12.2. The van der Waals surface area contributed by atoms with E-state index in [0.717, 1.165) is 69.4 Å². The first-order valence-electron chi connectivity index (χ1n) is 14.6. The number of hydrogen-bond donors (Lipinski definition) is 0. The molecule has 1 heterocycles. The summed E-state index contributed by atoms with van der Waals surface area (Å²) < 4.78 is 13.1. The zero-order valence-corrected chi connectivity index (χ0v) is 26.0. The lowest BCUT2D eigenvalue weighted by Gasteiger charge is -2.44. The van der Waals surface area contributed by atoms with Gasteiger partial charge in [-0.25, -0.2) is 0 Å². The third-order valence-corrected chi connectivity index (χ3v) is 9.07. The number of benzene rings is 3. The van der Waals surface area contributed by atoms with Gasteiger partial charge in [0, 0.05) is 52.9 Å². The number of halogens is 2. The first-order valence-corrected chi connectivity index (χ1v) is 15.8. The Labute approximate surface area is 260 Å². The number of Topliss-reactive ketones (excluding diaryl/α,β-unsaturated/α-hetero) is 2. The topological polar surface area (TPSA) is 55.8 Å². The van der Waals surface area contributed by atoms with Gasteiger partial charge in [-0.3, -0.25) is 9.59 Å². The fourth-order valence-electron chi connectivity index (χ4n) is 6.40. The van der Waals surface area contributed by atoms with Crippen molar-refractivity contribution in [3.63, 3.8) is 0 Å². The van der Waals surface area contributed by atoms with Crippen LogP contribution in [-0.4, -0.2) is 23.1 Å². The Balaban J connectivity index is 1.45. The average molecular weight is 647 g/mol. The molecule has 1 aliphatic heterocycles. The van der Waals surface area contributed by atoms with Gasteiger partial charge in [-0.05, 0) is 89.5 Å². The summed E-state index contributed by atoms with van der Waals surface area (Å²) in [4.78, 5) is 29.8. The van der Waals surface area contributed by atoms with Gasteiger partial charge in [0.25, 0.3) is 0 Å². The predicted molar refractivity (Wildman–Crippen MR) is 168 cm³/mol. The van der Waals surface area contributed by atoms with Crippen molar-refractivity contribution in [2.24, 2.45) is 0 Å². The lowest BCUT2D eigenvalue weighted by atomic mass is 9.71. The van der Waals surface area contributed by atoms with E-state index < -0.39 is 5.92 Å². The van der Waals surface area contributed by atoms with E-state index in [-0.39, 0.29) is 11.6 Å². The molecule has 0 N–H and O–H groups in total. The predicted octanol–water partition coefficient (Wildman–Crippen LogP) is 8.69. The Morgan fingerprint density at radius 2 is 1.48 bits per heavy atom. The first kappa shape index (κ1) is 28.8. The second kappa shape index (κ2) is 12.5. The summed E-state index contributed by atoms with van der Waals surface area (Å²) in [5.41, 5.74) is 6.65. The highest BCUT2D eigenvalue weighted by Gasteiger charge is 2.43. The zero-order valence-electron chi connectivity index (χ0n) is 23.6. The van der Waals surface area contributed by atoms with E-state index in [9.17, 15) is 9.59 Å². The number of hydrogen-bond acceptors (Lipinski definition) is 5. The zero-order chi connectivity index (χ0) is 29.2. The van der Waals surface area contributed by atoms with E-state index in [2.05, 4.69) is 33.0 Å². The summed E-state index contributed by atoms with van der Waals surface area (Å²) in [7, 11) is 0. The molecule has 42 heavy (non-hydrogen) atoms. The molecule has 3 aromatic carbocycles. The third-order valence-electron chi connectivity index (χ3n) is 8.23. The van der Waals surface area contributed by atoms with Crippen LogP contribution in [0.3, 0.4) is 0 Å². The van der Waals surface area contributed by atoms with Crippen molar-refractivity contribution in [1.29, 1.82) is 0 Å². The van der Waals surface area contributed by atoms with Crippen LogP contribution in [0.15, 0.2) is 93.7 Å². The van der Waals surface area contributed by atoms with Gasteiger partial charge in [-0.1, -0.05) is 54.1 Å². The molecule has 2 aliphatic carbocycles. The first-order chi connectivity index (χ1) is 20.4. The fourth-order valence-corrected chi connectivity index (χ4v) is 7.10. The van der Waals surface area contributed by atoms with Crippen molar-refractivity contribution < 1.29 is 19.1 Å². The summed E-state index contributed by atoms with van der Waals surface area (Å²) in [6, 6.07) is 21.8. The molecule has 0 bridgehead atoms. The van der Waals surface area contributed by atoms with Crippen molar-refractivity contribution in [3.05, 3.63) is 115 Å². The Bertz CT molecular complexity index is 1530. The van der Waals surface area contributed by atoms with E-state index in [0.29, 0.717) is 49.1 Å². The van der Waals surface area contributed by atoms with E-state index in [4.69, 9.17) is 21.1 Å². The maximum Gasteiger partial charge on any atom is 0.175 e. The van der Waals surface area contributed by atoms with Gasteiger partial charge < -0.3 is 14.4 Å². The van der Waals surface area contributed by atoms with Gasteiger partial charge in [0.05, 0.1) is 11.1 Å². The molecular formula is C35H33BrClNO4. The molecule has 0 saturated carbocycles. The molecule has 0 spiro atoms. The molecule has 0 atom stereocenters. The normalized spacial score (nSPS) is 17.4. The van der Waals surface area contributed by atoms with Crippen LogP contribution in [0.5, 0.6) is 11.5 Å². The SMILES string of the molecule is CCOc1cc(C2C3=C(CCCC3=O)N(Cc3ccccc3)C3=C2C(=O)CCC3)cc(Br)c1OCc1ccc(Cl)cc1. The van der Waals surface area contributed by atoms with Crippen LogP contribution >= 0.6 is 27.5 Å². The maximum absolute atomic E-state index is 13.7. The molecule has 7 heteroatoms. The third kappa shape index (κ3) is 5.67. The highest BCUT2D eigenvalue weighted by molar-refractivity contribution is 9.10. The van der Waals surface area contributed by atoms with Crippen molar-refractivity contribution >= 4 is 39.1 Å². The number of ether oxygens (including phenoxy) is 2. The molecule has 0 amide bonds. The standard InChI is InChI=1S/C35H33BrClNO4/c1-2-41-31-19-24(18-26(36)35(31)42-21-23-14-16-25(37)17-15-23)32-33-27(10-6-12-29(33)39)38(20-22-8-4-3-5-9-22)28-11-7-13-30(40)34(28)32/h3-5,8-9,14-19,32H,2,6-7,10-13,20-21H2,1H3. The second-order valence-electron chi connectivity index (χ2n) is 11.0. The molecule has 0 unspecified atom stereocenters. The molecule has 6 rings (SSSR count). The van der Waals surface area contributed by atoms with Gasteiger partial charge in [-0.15, -0.1) is 0 Å². The average Bonchev–Trinajstić information content (AvgIpc) is 2.99. The summed E-state index contributed by atoms with van der Waals surface area (Å²) in [6.45, 7) is 3.37. The monoisotopic (exact) mass is 645 g/mol. The van der Waals surface area contributed by atoms with Gasteiger partial charge >= 0.3 is 0 Å². The minimum absolute atomic E-state index is 0.126. The highest BCUT2D eigenvalue weighted by Crippen LogP contribution is 2.51. The van der Waals surface area contributed by atoms with Crippen LogP contribution in [-0.2, 0) is 22.7 Å². The van der Waals surface area contributed by atoms with Crippen molar-refractivity contribution in [2.75, 3.05) is 6.61 Å². The molecule has 0 fully saturated rings. The number of nitrogens with zero attached hydrogens (tertiary/aromatic N) is 1. The highest BCUT2D eigenvalue weighted by atomic mass is 79.9. The molecule has 0 saturated heterocycles.